The summed E-state index contributed by atoms with van der Waals surface area (Å²) < 4.78 is 23.8. The van der Waals surface area contributed by atoms with Crippen LogP contribution in [0, 0.1) is 5.82 Å². The lowest BCUT2D eigenvalue weighted by Crippen LogP contribution is -2.34. The standard InChI is InChI=1S/C15H18FN3O2/c1-2-7-17-13-9-20-8-12(13)15-18-14(19-21-15)10-3-5-11(16)6-4-10/h3-6,12-13,17H,2,7-9H2,1H3. The summed E-state index contributed by atoms with van der Waals surface area (Å²) in [7, 11) is 0. The molecule has 1 aromatic heterocycles. The Morgan fingerprint density at radius 3 is 2.86 bits per heavy atom. The number of nitrogens with one attached hydrogen (secondary N) is 1. The zero-order valence-corrected chi connectivity index (χ0v) is 11.9. The number of rotatable bonds is 5. The van der Waals surface area contributed by atoms with Gasteiger partial charge in [-0.15, -0.1) is 0 Å². The molecule has 0 saturated carbocycles. The Kier molecular flexibility index (Phi) is 4.26. The fourth-order valence-electron chi connectivity index (χ4n) is 2.43. The SMILES string of the molecule is CCCNC1COCC1c1nc(-c2ccc(F)cc2)no1. The first-order valence-corrected chi connectivity index (χ1v) is 7.18. The number of hydrogen-bond donors (Lipinski definition) is 1. The van der Waals surface area contributed by atoms with Crippen LogP contribution in [0.5, 0.6) is 0 Å². The molecule has 2 unspecified atom stereocenters. The van der Waals surface area contributed by atoms with Gasteiger partial charge in [-0.2, -0.15) is 4.98 Å². The predicted octanol–water partition coefficient (Wildman–Crippen LogP) is 2.36. The molecule has 0 spiro atoms. The molecule has 3 rings (SSSR count). The van der Waals surface area contributed by atoms with E-state index in [4.69, 9.17) is 9.26 Å². The number of benzene rings is 1. The maximum atomic E-state index is 12.9. The average molecular weight is 291 g/mol. The summed E-state index contributed by atoms with van der Waals surface area (Å²) in [5.41, 5.74) is 0.739. The highest BCUT2D eigenvalue weighted by Crippen LogP contribution is 2.26. The first-order valence-electron chi connectivity index (χ1n) is 7.18. The molecule has 1 N–H and O–H groups in total. The minimum atomic E-state index is -0.282. The van der Waals surface area contributed by atoms with Crippen molar-refractivity contribution in [3.63, 3.8) is 0 Å². The van der Waals surface area contributed by atoms with Crippen molar-refractivity contribution in [2.75, 3.05) is 19.8 Å². The quantitative estimate of drug-likeness (QED) is 0.916. The third-order valence-corrected chi connectivity index (χ3v) is 3.60. The van der Waals surface area contributed by atoms with Crippen LogP contribution in [0.25, 0.3) is 11.4 Å². The van der Waals surface area contributed by atoms with Crippen molar-refractivity contribution in [1.82, 2.24) is 15.5 Å². The van der Waals surface area contributed by atoms with Crippen LogP contribution in [0.4, 0.5) is 4.39 Å². The second-order valence-electron chi connectivity index (χ2n) is 5.17. The van der Waals surface area contributed by atoms with Crippen molar-refractivity contribution in [2.45, 2.75) is 25.3 Å². The zero-order valence-electron chi connectivity index (χ0n) is 11.9. The van der Waals surface area contributed by atoms with Crippen LogP contribution in [-0.2, 0) is 4.74 Å². The maximum absolute atomic E-state index is 12.9. The van der Waals surface area contributed by atoms with Crippen molar-refractivity contribution in [3.8, 4) is 11.4 Å². The van der Waals surface area contributed by atoms with Crippen LogP contribution in [0.15, 0.2) is 28.8 Å². The van der Waals surface area contributed by atoms with Gasteiger partial charge >= 0.3 is 0 Å². The summed E-state index contributed by atoms with van der Waals surface area (Å²) in [6.07, 6.45) is 1.06. The lowest BCUT2D eigenvalue weighted by Gasteiger charge is -2.14. The van der Waals surface area contributed by atoms with E-state index in [9.17, 15) is 4.39 Å². The fourth-order valence-corrected chi connectivity index (χ4v) is 2.43. The smallest absolute Gasteiger partial charge is 0.234 e. The third kappa shape index (κ3) is 3.11. The predicted molar refractivity (Wildman–Crippen MR) is 75.3 cm³/mol. The first kappa shape index (κ1) is 14.2. The normalized spacial score (nSPS) is 21.8. The Balaban J connectivity index is 1.76. The van der Waals surface area contributed by atoms with Gasteiger partial charge in [0.05, 0.1) is 19.1 Å². The van der Waals surface area contributed by atoms with Crippen LogP contribution in [0.3, 0.4) is 0 Å². The Labute approximate surface area is 122 Å². The van der Waals surface area contributed by atoms with Gasteiger partial charge in [0, 0.05) is 11.6 Å². The summed E-state index contributed by atoms with van der Waals surface area (Å²) in [6, 6.07) is 6.25. The molecule has 1 aliphatic rings. The molecule has 2 atom stereocenters. The highest BCUT2D eigenvalue weighted by Gasteiger charge is 2.33. The van der Waals surface area contributed by atoms with Crippen LogP contribution in [-0.4, -0.2) is 35.9 Å². The van der Waals surface area contributed by atoms with Crippen LogP contribution >= 0.6 is 0 Å². The van der Waals surface area contributed by atoms with Crippen molar-refractivity contribution < 1.29 is 13.7 Å². The molecule has 1 saturated heterocycles. The van der Waals surface area contributed by atoms with E-state index in [1.54, 1.807) is 12.1 Å². The van der Waals surface area contributed by atoms with Gasteiger partial charge < -0.3 is 14.6 Å². The highest BCUT2D eigenvalue weighted by molar-refractivity contribution is 5.53. The lowest BCUT2D eigenvalue weighted by atomic mass is 10.0. The van der Waals surface area contributed by atoms with Crippen molar-refractivity contribution in [2.24, 2.45) is 0 Å². The van der Waals surface area contributed by atoms with Gasteiger partial charge in [0.25, 0.3) is 0 Å². The molecule has 2 aromatic rings. The number of nitrogens with zero attached hydrogens (tertiary/aromatic N) is 2. The molecule has 0 radical (unpaired) electrons. The van der Waals surface area contributed by atoms with Crippen LogP contribution < -0.4 is 5.32 Å². The Hall–Kier alpha value is -1.79. The van der Waals surface area contributed by atoms with E-state index in [0.717, 1.165) is 18.5 Å². The molecular weight excluding hydrogens is 273 g/mol. The Morgan fingerprint density at radius 2 is 2.10 bits per heavy atom. The second-order valence-corrected chi connectivity index (χ2v) is 5.17. The van der Waals surface area contributed by atoms with Gasteiger partial charge in [-0.25, -0.2) is 4.39 Å². The van der Waals surface area contributed by atoms with E-state index >= 15 is 0 Å². The third-order valence-electron chi connectivity index (χ3n) is 3.60. The summed E-state index contributed by atoms with van der Waals surface area (Å²) in [6.45, 7) is 4.28. The largest absolute Gasteiger partial charge is 0.379 e. The van der Waals surface area contributed by atoms with Gasteiger partial charge in [-0.3, -0.25) is 0 Å². The molecule has 0 bridgehead atoms. The molecule has 21 heavy (non-hydrogen) atoms. The van der Waals surface area contributed by atoms with Crippen LogP contribution in [0.1, 0.15) is 25.2 Å². The van der Waals surface area contributed by atoms with Gasteiger partial charge in [-0.1, -0.05) is 12.1 Å². The molecule has 112 valence electrons. The number of hydrogen-bond acceptors (Lipinski definition) is 5. The van der Waals surface area contributed by atoms with Crippen molar-refractivity contribution in [3.05, 3.63) is 36.0 Å². The molecular formula is C15H18FN3O2. The monoisotopic (exact) mass is 291 g/mol. The Bertz CT molecular complexity index is 585. The van der Waals surface area contributed by atoms with E-state index in [-0.39, 0.29) is 17.8 Å². The van der Waals surface area contributed by atoms with Gasteiger partial charge in [0.2, 0.25) is 11.7 Å². The number of aromatic nitrogens is 2. The topological polar surface area (TPSA) is 60.2 Å². The van der Waals surface area contributed by atoms with E-state index in [1.807, 2.05) is 0 Å². The molecule has 1 fully saturated rings. The molecule has 5 nitrogen and oxygen atoms in total. The zero-order chi connectivity index (χ0) is 14.7. The fraction of sp³-hybridized carbons (Fsp3) is 0.467. The molecule has 0 aliphatic carbocycles. The Morgan fingerprint density at radius 1 is 1.29 bits per heavy atom. The second kappa shape index (κ2) is 6.32. The lowest BCUT2D eigenvalue weighted by molar-refractivity contribution is 0.184. The summed E-state index contributed by atoms with van der Waals surface area (Å²) >= 11 is 0. The highest BCUT2D eigenvalue weighted by atomic mass is 19.1. The molecule has 0 amide bonds. The van der Waals surface area contributed by atoms with E-state index in [2.05, 4.69) is 22.4 Å². The van der Waals surface area contributed by atoms with Crippen molar-refractivity contribution in [1.29, 1.82) is 0 Å². The minimum Gasteiger partial charge on any atom is -0.379 e. The van der Waals surface area contributed by atoms with Crippen molar-refractivity contribution >= 4 is 0 Å². The van der Waals surface area contributed by atoms with E-state index in [0.29, 0.717) is 24.9 Å². The number of ether oxygens (including phenoxy) is 1. The van der Waals surface area contributed by atoms with Gasteiger partial charge in [0.1, 0.15) is 5.82 Å². The molecule has 2 heterocycles. The molecule has 6 heteroatoms. The molecule has 1 aliphatic heterocycles. The summed E-state index contributed by atoms with van der Waals surface area (Å²) in [4.78, 5) is 4.43. The van der Waals surface area contributed by atoms with E-state index < -0.39 is 0 Å². The molecule has 1 aromatic carbocycles. The minimum absolute atomic E-state index is 0.0678. The summed E-state index contributed by atoms with van der Waals surface area (Å²) in [5.74, 6) is 0.834. The first-order chi connectivity index (χ1) is 10.3. The summed E-state index contributed by atoms with van der Waals surface area (Å²) in [5, 5.41) is 7.42. The van der Waals surface area contributed by atoms with E-state index in [1.165, 1.54) is 12.1 Å². The number of halogens is 1. The van der Waals surface area contributed by atoms with Gasteiger partial charge in [0.15, 0.2) is 0 Å². The van der Waals surface area contributed by atoms with Crippen LogP contribution in [0.2, 0.25) is 0 Å². The maximum Gasteiger partial charge on any atom is 0.234 e. The van der Waals surface area contributed by atoms with Gasteiger partial charge in [-0.05, 0) is 37.2 Å². The average Bonchev–Trinajstić information content (AvgIpc) is 3.14.